The summed E-state index contributed by atoms with van der Waals surface area (Å²) in [6.07, 6.45) is 0. The molecule has 0 aliphatic carbocycles. The Kier molecular flexibility index (Phi) is 4.33. The van der Waals surface area contributed by atoms with Crippen LogP contribution in [-0.4, -0.2) is 12.5 Å². The minimum atomic E-state index is -0.243. The maximum atomic E-state index is 11.7. The van der Waals surface area contributed by atoms with Gasteiger partial charge in [0.05, 0.1) is 22.6 Å². The number of benzene rings is 1. The SMILES string of the molecule is Cc1ccc(C(=O)NCC(C)C#N)c(Cl)c1. The lowest BCUT2D eigenvalue weighted by Crippen LogP contribution is -2.28. The third-order valence-corrected chi connectivity index (χ3v) is 2.47. The van der Waals surface area contributed by atoms with Crippen LogP contribution in [0.5, 0.6) is 0 Å². The first-order valence-electron chi connectivity index (χ1n) is 4.98. The molecule has 1 N–H and O–H groups in total. The Morgan fingerprint density at radius 1 is 1.62 bits per heavy atom. The van der Waals surface area contributed by atoms with Gasteiger partial charge in [-0.1, -0.05) is 17.7 Å². The normalized spacial score (nSPS) is 11.6. The molecule has 0 radical (unpaired) electrons. The van der Waals surface area contributed by atoms with Gasteiger partial charge >= 0.3 is 0 Å². The fraction of sp³-hybridized carbons (Fsp3) is 0.333. The van der Waals surface area contributed by atoms with E-state index in [9.17, 15) is 4.79 Å². The van der Waals surface area contributed by atoms with Gasteiger partial charge < -0.3 is 5.32 Å². The summed E-state index contributed by atoms with van der Waals surface area (Å²) in [5.74, 6) is -0.444. The van der Waals surface area contributed by atoms with Gasteiger partial charge in [-0.15, -0.1) is 0 Å². The Balaban J connectivity index is 2.71. The molecule has 0 saturated heterocycles. The monoisotopic (exact) mass is 236 g/mol. The molecule has 0 saturated carbocycles. The van der Waals surface area contributed by atoms with Crippen molar-refractivity contribution in [2.45, 2.75) is 13.8 Å². The van der Waals surface area contributed by atoms with Crippen LogP contribution in [0.2, 0.25) is 5.02 Å². The number of nitrogens with one attached hydrogen (secondary N) is 1. The van der Waals surface area contributed by atoms with Gasteiger partial charge in [0.25, 0.3) is 5.91 Å². The minimum Gasteiger partial charge on any atom is -0.351 e. The van der Waals surface area contributed by atoms with Crippen LogP contribution in [-0.2, 0) is 0 Å². The van der Waals surface area contributed by atoms with Gasteiger partial charge in [-0.3, -0.25) is 4.79 Å². The van der Waals surface area contributed by atoms with Gasteiger partial charge in [0.2, 0.25) is 0 Å². The lowest BCUT2D eigenvalue weighted by Gasteiger charge is -2.07. The van der Waals surface area contributed by atoms with Crippen molar-refractivity contribution in [3.05, 3.63) is 34.3 Å². The highest BCUT2D eigenvalue weighted by atomic mass is 35.5. The molecular formula is C12H13ClN2O. The number of aryl methyl sites for hydroxylation is 1. The number of carbonyl (C=O) groups excluding carboxylic acids is 1. The molecular weight excluding hydrogens is 224 g/mol. The molecule has 0 aliphatic heterocycles. The summed E-state index contributed by atoms with van der Waals surface area (Å²) >= 11 is 5.95. The first kappa shape index (κ1) is 12.5. The Morgan fingerprint density at radius 2 is 2.31 bits per heavy atom. The third kappa shape index (κ3) is 3.25. The predicted octanol–water partition coefficient (Wildman–Crippen LogP) is 2.54. The van der Waals surface area contributed by atoms with Crippen LogP contribution in [0.4, 0.5) is 0 Å². The van der Waals surface area contributed by atoms with Gasteiger partial charge in [-0.2, -0.15) is 5.26 Å². The van der Waals surface area contributed by atoms with E-state index in [0.717, 1.165) is 5.56 Å². The Labute approximate surface area is 100 Å². The summed E-state index contributed by atoms with van der Waals surface area (Å²) in [5.41, 5.74) is 1.45. The molecule has 84 valence electrons. The summed E-state index contributed by atoms with van der Waals surface area (Å²) in [6, 6.07) is 7.30. The lowest BCUT2D eigenvalue weighted by atomic mass is 10.1. The number of carbonyl (C=O) groups is 1. The summed E-state index contributed by atoms with van der Waals surface area (Å²) in [5, 5.41) is 11.7. The third-order valence-electron chi connectivity index (χ3n) is 2.16. The molecule has 0 aliphatic rings. The molecule has 3 nitrogen and oxygen atoms in total. The lowest BCUT2D eigenvalue weighted by molar-refractivity contribution is 0.0951. The number of hydrogen-bond donors (Lipinski definition) is 1. The van der Waals surface area contributed by atoms with Crippen LogP contribution in [0.25, 0.3) is 0 Å². The van der Waals surface area contributed by atoms with Gasteiger partial charge in [0, 0.05) is 6.54 Å². The zero-order chi connectivity index (χ0) is 12.1. The minimum absolute atomic E-state index is 0.201. The Bertz CT molecular complexity index is 437. The fourth-order valence-corrected chi connectivity index (χ4v) is 1.51. The highest BCUT2D eigenvalue weighted by Gasteiger charge is 2.10. The average Bonchev–Trinajstić information content (AvgIpc) is 2.25. The largest absolute Gasteiger partial charge is 0.351 e. The second-order valence-corrected chi connectivity index (χ2v) is 4.13. The zero-order valence-electron chi connectivity index (χ0n) is 9.25. The van der Waals surface area contributed by atoms with Crippen LogP contribution >= 0.6 is 11.6 Å². The van der Waals surface area contributed by atoms with E-state index in [0.29, 0.717) is 17.1 Å². The summed E-state index contributed by atoms with van der Waals surface area (Å²) in [7, 11) is 0. The number of nitrogens with zero attached hydrogens (tertiary/aromatic N) is 1. The van der Waals surface area contributed by atoms with Crippen LogP contribution < -0.4 is 5.32 Å². The highest BCUT2D eigenvalue weighted by Crippen LogP contribution is 2.17. The maximum absolute atomic E-state index is 11.7. The standard InChI is InChI=1S/C12H13ClN2O/c1-8-3-4-10(11(13)5-8)12(16)15-7-9(2)6-14/h3-5,9H,7H2,1-2H3,(H,15,16). The van der Waals surface area contributed by atoms with Gasteiger partial charge in [0.15, 0.2) is 0 Å². The van der Waals surface area contributed by atoms with E-state index in [1.54, 1.807) is 19.1 Å². The van der Waals surface area contributed by atoms with Crippen molar-refractivity contribution in [2.75, 3.05) is 6.54 Å². The number of nitriles is 1. The van der Waals surface area contributed by atoms with Crippen LogP contribution in [0.15, 0.2) is 18.2 Å². The first-order chi connectivity index (χ1) is 7.54. The van der Waals surface area contributed by atoms with Crippen molar-refractivity contribution >= 4 is 17.5 Å². The molecule has 1 rings (SSSR count). The topological polar surface area (TPSA) is 52.9 Å². The van der Waals surface area contributed by atoms with E-state index in [1.165, 1.54) is 0 Å². The van der Waals surface area contributed by atoms with Gasteiger partial charge in [0.1, 0.15) is 0 Å². The zero-order valence-corrected chi connectivity index (χ0v) is 10.0. The summed E-state index contributed by atoms with van der Waals surface area (Å²) < 4.78 is 0. The van der Waals surface area contributed by atoms with Gasteiger partial charge in [-0.05, 0) is 31.5 Å². The van der Waals surface area contributed by atoms with E-state index >= 15 is 0 Å². The van der Waals surface area contributed by atoms with Crippen molar-refractivity contribution in [2.24, 2.45) is 5.92 Å². The number of hydrogen-bond acceptors (Lipinski definition) is 2. The second kappa shape index (κ2) is 5.53. The number of amides is 1. The molecule has 1 unspecified atom stereocenters. The van der Waals surface area contributed by atoms with Crippen LogP contribution in [0.3, 0.4) is 0 Å². The highest BCUT2D eigenvalue weighted by molar-refractivity contribution is 6.33. The molecule has 0 spiro atoms. The van der Waals surface area contributed by atoms with E-state index < -0.39 is 0 Å². The summed E-state index contributed by atoms with van der Waals surface area (Å²) in [4.78, 5) is 11.7. The maximum Gasteiger partial charge on any atom is 0.252 e. The van der Waals surface area contributed by atoms with Crippen LogP contribution in [0.1, 0.15) is 22.8 Å². The molecule has 4 heteroatoms. The fourth-order valence-electron chi connectivity index (χ4n) is 1.19. The number of rotatable bonds is 3. The van der Waals surface area contributed by atoms with E-state index in [-0.39, 0.29) is 11.8 Å². The molecule has 1 aromatic carbocycles. The molecule has 0 fully saturated rings. The van der Waals surface area contributed by atoms with E-state index in [1.807, 2.05) is 19.1 Å². The van der Waals surface area contributed by atoms with Crippen LogP contribution in [0, 0.1) is 24.2 Å². The summed E-state index contributed by atoms with van der Waals surface area (Å²) in [6.45, 7) is 3.99. The quantitative estimate of drug-likeness (QED) is 0.877. The van der Waals surface area contributed by atoms with Crippen molar-refractivity contribution in [3.8, 4) is 6.07 Å². The molecule has 0 bridgehead atoms. The predicted molar refractivity (Wildman–Crippen MR) is 63.3 cm³/mol. The average molecular weight is 237 g/mol. The number of halogens is 1. The van der Waals surface area contributed by atoms with E-state index in [4.69, 9.17) is 16.9 Å². The molecule has 0 aromatic heterocycles. The van der Waals surface area contributed by atoms with Crippen molar-refractivity contribution < 1.29 is 4.79 Å². The van der Waals surface area contributed by atoms with E-state index in [2.05, 4.69) is 5.32 Å². The second-order valence-electron chi connectivity index (χ2n) is 3.72. The Morgan fingerprint density at radius 3 is 2.88 bits per heavy atom. The van der Waals surface area contributed by atoms with Crippen molar-refractivity contribution in [1.29, 1.82) is 5.26 Å². The van der Waals surface area contributed by atoms with Gasteiger partial charge in [-0.25, -0.2) is 0 Å². The Hall–Kier alpha value is -1.53. The molecule has 1 atom stereocenters. The molecule has 1 aromatic rings. The first-order valence-corrected chi connectivity index (χ1v) is 5.36. The molecule has 16 heavy (non-hydrogen) atoms. The smallest absolute Gasteiger partial charge is 0.252 e. The van der Waals surface area contributed by atoms with Crippen molar-refractivity contribution in [3.63, 3.8) is 0 Å². The molecule has 1 amide bonds. The molecule has 0 heterocycles. The van der Waals surface area contributed by atoms with Crippen molar-refractivity contribution in [1.82, 2.24) is 5.32 Å².